The smallest absolute Gasteiger partial charge is 0.349 e. The second-order valence-corrected chi connectivity index (χ2v) is 3.13. The summed E-state index contributed by atoms with van der Waals surface area (Å²) < 4.78 is 32.6. The van der Waals surface area contributed by atoms with E-state index in [-0.39, 0.29) is 18.2 Å². The molecule has 0 aliphatic rings. The number of hydrogen-bond donors (Lipinski definition) is 1. The number of rotatable bonds is 1. The van der Waals surface area contributed by atoms with Gasteiger partial charge in [-0.1, -0.05) is 9.95 Å². The molecule has 0 saturated carbocycles. The predicted octanol–water partition coefficient (Wildman–Crippen LogP) is 0.744. The van der Waals surface area contributed by atoms with E-state index in [9.17, 15) is 12.3 Å². The lowest BCUT2D eigenvalue weighted by molar-refractivity contribution is 0.548. The average molecular weight is 213 g/mol. The Morgan fingerprint density at radius 2 is 2.00 bits per heavy atom. The molecule has 0 aliphatic carbocycles. The molecule has 0 unspecified atom stereocenters. The lowest BCUT2D eigenvalue weighted by Gasteiger charge is -1.93. The van der Waals surface area contributed by atoms with Crippen LogP contribution < -0.4 is 5.73 Å². The highest BCUT2D eigenvalue weighted by molar-refractivity contribution is 7.86. The first kappa shape index (κ1) is 11.1. The van der Waals surface area contributed by atoms with Crippen molar-refractivity contribution in [3.8, 4) is 0 Å². The number of hydrogen-bond acceptors (Lipinski definition) is 4. The second kappa shape index (κ2) is 3.68. The zero-order chi connectivity index (χ0) is 8.48. The van der Waals surface area contributed by atoms with E-state index in [1.807, 2.05) is 0 Å². The molecular weight excluding hydrogens is 207 g/mol. The van der Waals surface area contributed by atoms with E-state index in [0.29, 0.717) is 0 Å². The Bertz CT molecular complexity index is 367. The van der Waals surface area contributed by atoms with E-state index in [4.69, 9.17) is 5.73 Å². The van der Waals surface area contributed by atoms with Crippen LogP contribution in [-0.2, 0) is 10.2 Å². The van der Waals surface area contributed by atoms with Crippen LogP contribution >= 0.6 is 12.4 Å². The van der Waals surface area contributed by atoms with Gasteiger partial charge in [-0.15, -0.1) is 12.4 Å². The minimum atomic E-state index is -4.72. The summed E-state index contributed by atoms with van der Waals surface area (Å²) in [6, 6.07) is 3.72. The molecule has 0 aromatic carbocycles. The van der Waals surface area contributed by atoms with Crippen LogP contribution in [0.25, 0.3) is 0 Å². The lowest BCUT2D eigenvalue weighted by Crippen LogP contribution is -1.98. The molecule has 0 saturated heterocycles. The summed E-state index contributed by atoms with van der Waals surface area (Å²) in [5, 5.41) is -0.655. The molecule has 0 radical (unpaired) electrons. The Morgan fingerprint density at radius 1 is 1.42 bits per heavy atom. The van der Waals surface area contributed by atoms with Crippen molar-refractivity contribution in [1.29, 1.82) is 0 Å². The highest BCUT2D eigenvalue weighted by Crippen LogP contribution is 2.09. The standard InChI is InChI=1S/C5H5FN2O2S.ClH/c6-11(9,10)5-3-1-2-4(7)8-5;/h1-3H,(H2,7,8);1H. The number of nitrogens with zero attached hydrogens (tertiary/aromatic N) is 1. The third-order valence-electron chi connectivity index (χ3n) is 0.995. The Kier molecular flexibility index (Phi) is 3.41. The van der Waals surface area contributed by atoms with E-state index in [2.05, 4.69) is 4.98 Å². The molecule has 0 aliphatic heterocycles. The number of pyridine rings is 1. The van der Waals surface area contributed by atoms with E-state index in [0.717, 1.165) is 6.07 Å². The Balaban J connectivity index is 0.00000121. The first-order chi connectivity index (χ1) is 5.00. The largest absolute Gasteiger partial charge is 0.384 e. The van der Waals surface area contributed by atoms with Crippen LogP contribution in [0.1, 0.15) is 0 Å². The van der Waals surface area contributed by atoms with Crippen LogP contribution in [-0.4, -0.2) is 13.4 Å². The molecule has 68 valence electrons. The number of nitrogens with two attached hydrogens (primary N) is 1. The van der Waals surface area contributed by atoms with Gasteiger partial charge in [-0.25, -0.2) is 4.98 Å². The van der Waals surface area contributed by atoms with Crippen molar-refractivity contribution in [1.82, 2.24) is 4.98 Å². The van der Waals surface area contributed by atoms with Gasteiger partial charge in [-0.3, -0.25) is 0 Å². The fraction of sp³-hybridized carbons (Fsp3) is 0. The normalized spacial score (nSPS) is 10.4. The molecule has 2 N–H and O–H groups in total. The summed E-state index contributed by atoms with van der Waals surface area (Å²) in [5.41, 5.74) is 5.11. The van der Waals surface area contributed by atoms with Crippen LogP contribution in [0, 0.1) is 0 Å². The van der Waals surface area contributed by atoms with E-state index >= 15 is 0 Å². The molecule has 1 rings (SSSR count). The minimum Gasteiger partial charge on any atom is -0.384 e. The molecule has 12 heavy (non-hydrogen) atoms. The SMILES string of the molecule is Cl.Nc1cccc(S(=O)(=O)F)n1. The van der Waals surface area contributed by atoms with Gasteiger partial charge in [0.05, 0.1) is 0 Å². The van der Waals surface area contributed by atoms with E-state index in [1.165, 1.54) is 12.1 Å². The topological polar surface area (TPSA) is 73.1 Å². The minimum absolute atomic E-state index is 0. The van der Waals surface area contributed by atoms with Crippen LogP contribution in [0.5, 0.6) is 0 Å². The van der Waals surface area contributed by atoms with Gasteiger partial charge in [-0.05, 0) is 12.1 Å². The van der Waals surface area contributed by atoms with Crippen LogP contribution in [0.4, 0.5) is 9.70 Å². The highest BCUT2D eigenvalue weighted by atomic mass is 35.5. The van der Waals surface area contributed by atoms with Gasteiger partial charge in [0.25, 0.3) is 0 Å². The molecular formula is C5H6ClFN2O2S. The van der Waals surface area contributed by atoms with Crippen LogP contribution in [0.2, 0.25) is 0 Å². The van der Waals surface area contributed by atoms with Gasteiger partial charge in [0.1, 0.15) is 5.82 Å². The quantitative estimate of drug-likeness (QED) is 0.697. The molecule has 0 atom stereocenters. The highest BCUT2D eigenvalue weighted by Gasteiger charge is 2.12. The Hall–Kier alpha value is -0.880. The van der Waals surface area contributed by atoms with Crippen molar-refractivity contribution in [2.45, 2.75) is 5.03 Å². The van der Waals surface area contributed by atoms with Crippen molar-refractivity contribution >= 4 is 28.4 Å². The van der Waals surface area contributed by atoms with Crippen molar-refractivity contribution < 1.29 is 12.3 Å². The van der Waals surface area contributed by atoms with E-state index < -0.39 is 15.2 Å². The van der Waals surface area contributed by atoms with Crippen molar-refractivity contribution in [2.24, 2.45) is 0 Å². The summed E-state index contributed by atoms with van der Waals surface area (Å²) in [4.78, 5) is 3.26. The Morgan fingerprint density at radius 3 is 2.33 bits per heavy atom. The number of nitrogen functional groups attached to an aromatic ring is 1. The number of halogens is 2. The van der Waals surface area contributed by atoms with Gasteiger partial charge in [0.15, 0.2) is 5.03 Å². The molecule has 1 heterocycles. The first-order valence-electron chi connectivity index (χ1n) is 2.67. The maximum Gasteiger partial charge on any atom is 0.349 e. The van der Waals surface area contributed by atoms with Gasteiger partial charge >= 0.3 is 10.2 Å². The number of anilines is 1. The molecule has 1 aromatic rings. The summed E-state index contributed by atoms with van der Waals surface area (Å²) in [5.74, 6) is -0.0243. The lowest BCUT2D eigenvalue weighted by atomic mass is 10.5. The third-order valence-corrected chi connectivity index (χ3v) is 1.72. The van der Waals surface area contributed by atoms with E-state index in [1.54, 1.807) is 0 Å². The molecule has 0 fully saturated rings. The predicted molar refractivity (Wildman–Crippen MR) is 44.2 cm³/mol. The second-order valence-electron chi connectivity index (χ2n) is 1.84. The molecule has 4 nitrogen and oxygen atoms in total. The van der Waals surface area contributed by atoms with Crippen LogP contribution in [0.3, 0.4) is 0 Å². The van der Waals surface area contributed by atoms with Gasteiger partial charge in [0.2, 0.25) is 0 Å². The molecule has 1 aromatic heterocycles. The third kappa shape index (κ3) is 2.63. The monoisotopic (exact) mass is 212 g/mol. The molecule has 0 amide bonds. The summed E-state index contributed by atoms with van der Waals surface area (Å²) in [6.07, 6.45) is 0. The summed E-state index contributed by atoms with van der Waals surface area (Å²) in [7, 11) is -4.72. The summed E-state index contributed by atoms with van der Waals surface area (Å²) in [6.45, 7) is 0. The number of aromatic nitrogens is 1. The fourth-order valence-corrected chi connectivity index (χ4v) is 1.02. The van der Waals surface area contributed by atoms with Crippen molar-refractivity contribution in [2.75, 3.05) is 5.73 Å². The fourth-order valence-electron chi connectivity index (χ4n) is 0.567. The van der Waals surface area contributed by atoms with Gasteiger partial charge < -0.3 is 5.73 Å². The zero-order valence-electron chi connectivity index (χ0n) is 5.77. The van der Waals surface area contributed by atoms with Gasteiger partial charge in [-0.2, -0.15) is 8.42 Å². The summed E-state index contributed by atoms with van der Waals surface area (Å²) >= 11 is 0. The molecule has 7 heteroatoms. The molecule has 0 spiro atoms. The average Bonchev–Trinajstić information content (AvgIpc) is 1.86. The van der Waals surface area contributed by atoms with Gasteiger partial charge in [0, 0.05) is 0 Å². The zero-order valence-corrected chi connectivity index (χ0v) is 7.40. The Labute approximate surface area is 75.2 Å². The first-order valence-corrected chi connectivity index (χ1v) is 4.06. The maximum absolute atomic E-state index is 12.2. The van der Waals surface area contributed by atoms with Crippen molar-refractivity contribution in [3.63, 3.8) is 0 Å². The maximum atomic E-state index is 12.2. The molecule has 0 bridgehead atoms. The van der Waals surface area contributed by atoms with Crippen molar-refractivity contribution in [3.05, 3.63) is 18.2 Å². The van der Waals surface area contributed by atoms with Crippen LogP contribution in [0.15, 0.2) is 23.2 Å².